The largest absolute Gasteiger partial charge is 0.496 e. The van der Waals surface area contributed by atoms with Crippen LogP contribution in [0.3, 0.4) is 0 Å². The molecule has 1 atom stereocenters. The third-order valence-electron chi connectivity index (χ3n) is 5.17. The first-order chi connectivity index (χ1) is 11.8. The molecular weight excluding hydrogens is 367 g/mol. The van der Waals surface area contributed by atoms with Gasteiger partial charge in [-0.1, -0.05) is 56.5 Å². The lowest BCUT2D eigenvalue weighted by atomic mass is 9.93. The normalized spacial score (nSPS) is 15.8. The Labute approximate surface area is 170 Å². The molecule has 5 heteroatoms. The Morgan fingerprint density at radius 2 is 1.69 bits per heavy atom. The average molecular weight is 399 g/mol. The maximum atomic E-state index is 5.58. The fourth-order valence-electron chi connectivity index (χ4n) is 3.88. The first-order valence-corrected chi connectivity index (χ1v) is 9.35. The number of ether oxygens (including phenoxy) is 1. The summed E-state index contributed by atoms with van der Waals surface area (Å²) < 4.78 is 5.58. The van der Waals surface area contributed by atoms with E-state index in [2.05, 4.69) is 53.5 Å². The van der Waals surface area contributed by atoms with Crippen LogP contribution in [0.4, 0.5) is 0 Å². The van der Waals surface area contributed by atoms with Crippen molar-refractivity contribution in [2.45, 2.75) is 38.6 Å². The number of rotatable bonds is 7. The van der Waals surface area contributed by atoms with Gasteiger partial charge in [0.2, 0.25) is 0 Å². The van der Waals surface area contributed by atoms with E-state index in [1.165, 1.54) is 42.0 Å². The molecule has 2 aromatic rings. The van der Waals surface area contributed by atoms with Gasteiger partial charge in [0.15, 0.2) is 0 Å². The fourth-order valence-corrected chi connectivity index (χ4v) is 3.88. The minimum atomic E-state index is 0. The molecule has 0 aliphatic carbocycles. The monoisotopic (exact) mass is 398 g/mol. The predicted octanol–water partition coefficient (Wildman–Crippen LogP) is 5.22. The van der Waals surface area contributed by atoms with E-state index in [4.69, 9.17) is 4.74 Å². The number of fused-ring (bicyclic) bond motifs is 1. The molecule has 0 bridgehead atoms. The first kappa shape index (κ1) is 23.0. The molecular formula is C21H32Cl2N2O. The molecule has 1 heterocycles. The molecule has 1 N–H and O–H groups in total. The molecule has 1 aliphatic heterocycles. The number of hydrogen-bond acceptors (Lipinski definition) is 3. The lowest BCUT2D eigenvalue weighted by Gasteiger charge is -2.36. The van der Waals surface area contributed by atoms with Crippen molar-refractivity contribution >= 4 is 35.6 Å². The zero-order valence-corrected chi connectivity index (χ0v) is 17.5. The Hall–Kier alpha value is -1.000. The average Bonchev–Trinajstić information content (AvgIpc) is 2.65. The lowest BCUT2D eigenvalue weighted by molar-refractivity contribution is 0.163. The minimum absolute atomic E-state index is 0. The van der Waals surface area contributed by atoms with Gasteiger partial charge in [0, 0.05) is 37.6 Å². The summed E-state index contributed by atoms with van der Waals surface area (Å²) in [6.45, 7) is 6.74. The van der Waals surface area contributed by atoms with Crippen molar-refractivity contribution in [1.82, 2.24) is 10.2 Å². The Kier molecular flexibility index (Phi) is 10.3. The number of unbranched alkanes of at least 4 members (excludes halogenated alkanes) is 2. The van der Waals surface area contributed by atoms with Crippen LogP contribution in [0.25, 0.3) is 10.8 Å². The van der Waals surface area contributed by atoms with E-state index in [-0.39, 0.29) is 24.8 Å². The molecule has 0 aromatic heterocycles. The molecule has 0 amide bonds. The van der Waals surface area contributed by atoms with Gasteiger partial charge in [0.1, 0.15) is 5.75 Å². The molecule has 3 nitrogen and oxygen atoms in total. The van der Waals surface area contributed by atoms with E-state index in [1.54, 1.807) is 7.11 Å². The Morgan fingerprint density at radius 1 is 1.00 bits per heavy atom. The second-order valence-electron chi connectivity index (χ2n) is 6.70. The van der Waals surface area contributed by atoms with Crippen LogP contribution in [0, 0.1) is 0 Å². The van der Waals surface area contributed by atoms with Crippen LogP contribution in [0.15, 0.2) is 36.4 Å². The van der Waals surface area contributed by atoms with E-state index < -0.39 is 0 Å². The molecule has 1 fully saturated rings. The maximum Gasteiger partial charge on any atom is 0.126 e. The summed E-state index contributed by atoms with van der Waals surface area (Å²) in [6.07, 6.45) is 5.13. The third-order valence-corrected chi connectivity index (χ3v) is 5.17. The SMILES string of the molecule is CCCCC[C@@H](c1ccc(OC)c2ccccc12)N1CCNCC1.Cl.Cl. The van der Waals surface area contributed by atoms with Crippen LogP contribution in [0.2, 0.25) is 0 Å². The van der Waals surface area contributed by atoms with Gasteiger partial charge in [0.05, 0.1) is 7.11 Å². The second-order valence-corrected chi connectivity index (χ2v) is 6.70. The predicted molar refractivity (Wildman–Crippen MR) is 116 cm³/mol. The molecule has 0 saturated carbocycles. The molecule has 0 spiro atoms. The van der Waals surface area contributed by atoms with Crippen LogP contribution in [0.1, 0.15) is 44.2 Å². The smallest absolute Gasteiger partial charge is 0.126 e. The highest BCUT2D eigenvalue weighted by Gasteiger charge is 2.23. The number of hydrogen-bond donors (Lipinski definition) is 1. The van der Waals surface area contributed by atoms with E-state index in [1.807, 2.05) is 0 Å². The maximum absolute atomic E-state index is 5.58. The Morgan fingerprint density at radius 3 is 2.35 bits per heavy atom. The van der Waals surface area contributed by atoms with Gasteiger partial charge in [-0.2, -0.15) is 0 Å². The van der Waals surface area contributed by atoms with Crippen molar-refractivity contribution in [3.63, 3.8) is 0 Å². The standard InChI is InChI=1S/C21H30N2O.2ClH/c1-3-4-5-10-20(23-15-13-22-14-16-23)18-11-12-21(24-2)19-9-7-6-8-17(18)19;;/h6-9,11-12,20,22H,3-5,10,13-16H2,1-2H3;2*1H/t20-;;/m0../s1. The summed E-state index contributed by atoms with van der Waals surface area (Å²) in [5.74, 6) is 0.974. The number of halogens is 2. The van der Waals surface area contributed by atoms with Crippen LogP contribution < -0.4 is 10.1 Å². The van der Waals surface area contributed by atoms with Crippen LogP contribution in [0.5, 0.6) is 5.75 Å². The van der Waals surface area contributed by atoms with Crippen LogP contribution >= 0.6 is 24.8 Å². The number of piperazine rings is 1. The molecule has 1 aliphatic rings. The highest BCUT2D eigenvalue weighted by Crippen LogP contribution is 2.36. The van der Waals surface area contributed by atoms with E-state index in [0.717, 1.165) is 31.9 Å². The minimum Gasteiger partial charge on any atom is -0.496 e. The summed E-state index contributed by atoms with van der Waals surface area (Å²) >= 11 is 0. The molecule has 146 valence electrons. The van der Waals surface area contributed by atoms with E-state index in [9.17, 15) is 0 Å². The van der Waals surface area contributed by atoms with Crippen molar-refractivity contribution in [2.75, 3.05) is 33.3 Å². The van der Waals surface area contributed by atoms with Crippen LogP contribution in [-0.4, -0.2) is 38.2 Å². The van der Waals surface area contributed by atoms with Gasteiger partial charge in [-0.25, -0.2) is 0 Å². The Balaban J connectivity index is 0.00000169. The zero-order valence-electron chi connectivity index (χ0n) is 15.9. The molecule has 3 rings (SSSR count). The van der Waals surface area contributed by atoms with Gasteiger partial charge in [-0.15, -0.1) is 24.8 Å². The molecule has 2 aromatic carbocycles. The first-order valence-electron chi connectivity index (χ1n) is 9.35. The molecule has 0 unspecified atom stereocenters. The zero-order chi connectivity index (χ0) is 16.8. The summed E-state index contributed by atoms with van der Waals surface area (Å²) in [5, 5.41) is 6.06. The topological polar surface area (TPSA) is 24.5 Å². The summed E-state index contributed by atoms with van der Waals surface area (Å²) in [6, 6.07) is 13.6. The van der Waals surface area contributed by atoms with Crippen LogP contribution in [-0.2, 0) is 0 Å². The number of methoxy groups -OCH3 is 1. The van der Waals surface area contributed by atoms with Gasteiger partial charge in [-0.05, 0) is 23.4 Å². The lowest BCUT2D eigenvalue weighted by Crippen LogP contribution is -2.45. The fraction of sp³-hybridized carbons (Fsp3) is 0.524. The van der Waals surface area contributed by atoms with Crippen molar-refractivity contribution in [1.29, 1.82) is 0 Å². The third kappa shape index (κ3) is 5.26. The van der Waals surface area contributed by atoms with Gasteiger partial charge in [0.25, 0.3) is 0 Å². The van der Waals surface area contributed by atoms with Crippen molar-refractivity contribution in [2.24, 2.45) is 0 Å². The number of benzene rings is 2. The summed E-state index contributed by atoms with van der Waals surface area (Å²) in [7, 11) is 1.76. The van der Waals surface area contributed by atoms with Gasteiger partial charge >= 0.3 is 0 Å². The molecule has 1 saturated heterocycles. The summed E-state index contributed by atoms with van der Waals surface area (Å²) in [4.78, 5) is 2.67. The number of nitrogens with zero attached hydrogens (tertiary/aromatic N) is 1. The van der Waals surface area contributed by atoms with E-state index >= 15 is 0 Å². The van der Waals surface area contributed by atoms with Gasteiger partial charge in [-0.3, -0.25) is 4.90 Å². The van der Waals surface area contributed by atoms with Crippen molar-refractivity contribution in [3.05, 3.63) is 42.0 Å². The molecule has 0 radical (unpaired) electrons. The summed E-state index contributed by atoms with van der Waals surface area (Å²) in [5.41, 5.74) is 1.46. The number of nitrogens with one attached hydrogen (secondary N) is 1. The second kappa shape index (κ2) is 11.7. The highest BCUT2D eigenvalue weighted by atomic mass is 35.5. The highest BCUT2D eigenvalue weighted by molar-refractivity contribution is 5.91. The van der Waals surface area contributed by atoms with Gasteiger partial charge < -0.3 is 10.1 Å². The quantitative estimate of drug-likeness (QED) is 0.646. The van der Waals surface area contributed by atoms with Crippen molar-refractivity contribution < 1.29 is 4.74 Å². The molecule has 26 heavy (non-hydrogen) atoms. The van der Waals surface area contributed by atoms with E-state index in [0.29, 0.717) is 6.04 Å². The Bertz CT molecular complexity index is 660. The van der Waals surface area contributed by atoms with Crippen molar-refractivity contribution in [3.8, 4) is 5.75 Å².